The fourth-order valence-electron chi connectivity index (χ4n) is 4.71. The van der Waals surface area contributed by atoms with Crippen LogP contribution in [0.25, 0.3) is 17.0 Å². The molecular weight excluding hydrogens is 468 g/mol. The van der Waals surface area contributed by atoms with E-state index < -0.39 is 6.10 Å². The van der Waals surface area contributed by atoms with Gasteiger partial charge in [0.1, 0.15) is 18.5 Å². The molecule has 1 aliphatic heterocycles. The molecule has 0 unspecified atom stereocenters. The zero-order chi connectivity index (χ0) is 26.2. The molecule has 0 aliphatic carbocycles. The van der Waals surface area contributed by atoms with E-state index in [-0.39, 0.29) is 30.5 Å². The van der Waals surface area contributed by atoms with Crippen LogP contribution < -0.4 is 4.74 Å². The first-order chi connectivity index (χ1) is 18.0. The Labute approximate surface area is 217 Å². The van der Waals surface area contributed by atoms with Gasteiger partial charge in [-0.05, 0) is 47.9 Å². The van der Waals surface area contributed by atoms with Gasteiger partial charge in [0.05, 0.1) is 12.6 Å². The van der Waals surface area contributed by atoms with Crippen molar-refractivity contribution < 1.29 is 23.8 Å². The maximum atomic E-state index is 12.7. The summed E-state index contributed by atoms with van der Waals surface area (Å²) < 4.78 is 16.7. The van der Waals surface area contributed by atoms with Crippen molar-refractivity contribution in [1.82, 2.24) is 9.88 Å². The van der Waals surface area contributed by atoms with E-state index in [1.165, 1.54) is 6.92 Å². The molecule has 0 N–H and O–H groups in total. The molecule has 2 aromatic carbocycles. The fraction of sp³-hybridized carbons (Fsp3) is 0.300. The molecule has 0 bridgehead atoms. The third-order valence-electron chi connectivity index (χ3n) is 6.65. The molecule has 1 amide bonds. The molecule has 1 fully saturated rings. The van der Waals surface area contributed by atoms with Gasteiger partial charge in [-0.1, -0.05) is 42.5 Å². The minimum atomic E-state index is -0.475. The van der Waals surface area contributed by atoms with Crippen LogP contribution in [0.1, 0.15) is 24.5 Å². The van der Waals surface area contributed by atoms with E-state index >= 15 is 0 Å². The number of benzene rings is 2. The Morgan fingerprint density at radius 2 is 2.00 bits per heavy atom. The summed E-state index contributed by atoms with van der Waals surface area (Å²) in [5.74, 6) is 0.285. The van der Waals surface area contributed by atoms with Gasteiger partial charge >= 0.3 is 12.1 Å². The Balaban J connectivity index is 1.49. The van der Waals surface area contributed by atoms with Crippen LogP contribution >= 0.6 is 0 Å². The summed E-state index contributed by atoms with van der Waals surface area (Å²) in [7, 11) is 1.63. The maximum absolute atomic E-state index is 12.7. The molecule has 3 atom stereocenters. The molecule has 4 rings (SSSR count). The van der Waals surface area contributed by atoms with Crippen LogP contribution in [0.5, 0.6) is 5.75 Å². The zero-order valence-electron chi connectivity index (χ0n) is 21.2. The van der Waals surface area contributed by atoms with Gasteiger partial charge in [0, 0.05) is 43.4 Å². The fourth-order valence-corrected chi connectivity index (χ4v) is 4.71. The number of methoxy groups -OCH3 is 1. The molecule has 3 aromatic rings. The molecule has 37 heavy (non-hydrogen) atoms. The minimum Gasteiger partial charge on any atom is -0.497 e. The second-order valence-electron chi connectivity index (χ2n) is 9.05. The summed E-state index contributed by atoms with van der Waals surface area (Å²) in [6.07, 6.45) is 7.27. The first-order valence-electron chi connectivity index (χ1n) is 12.3. The van der Waals surface area contributed by atoms with Crippen molar-refractivity contribution in [3.63, 3.8) is 0 Å². The summed E-state index contributed by atoms with van der Waals surface area (Å²) in [4.78, 5) is 30.9. The first kappa shape index (κ1) is 25.9. The van der Waals surface area contributed by atoms with Gasteiger partial charge in [-0.3, -0.25) is 9.78 Å². The van der Waals surface area contributed by atoms with Gasteiger partial charge in [-0.2, -0.15) is 0 Å². The third-order valence-corrected chi connectivity index (χ3v) is 6.65. The van der Waals surface area contributed by atoms with Gasteiger partial charge in [0.2, 0.25) is 0 Å². The number of rotatable bonds is 8. The highest BCUT2D eigenvalue weighted by Gasteiger charge is 2.36. The zero-order valence-corrected chi connectivity index (χ0v) is 21.2. The molecular formula is C30H32N2O5. The van der Waals surface area contributed by atoms with Crippen LogP contribution in [0.4, 0.5) is 4.79 Å². The number of pyridine rings is 1. The van der Waals surface area contributed by atoms with E-state index in [0.717, 1.165) is 27.8 Å². The first-order valence-corrected chi connectivity index (χ1v) is 12.3. The lowest BCUT2D eigenvalue weighted by molar-refractivity contribution is -0.147. The Bertz CT molecular complexity index is 1270. The number of hydrogen-bond acceptors (Lipinski definition) is 6. The van der Waals surface area contributed by atoms with Crippen molar-refractivity contribution in [3.05, 3.63) is 90.7 Å². The van der Waals surface area contributed by atoms with E-state index in [1.807, 2.05) is 72.8 Å². The summed E-state index contributed by atoms with van der Waals surface area (Å²) in [6, 6.07) is 17.2. The smallest absolute Gasteiger partial charge is 0.410 e. The Morgan fingerprint density at radius 3 is 2.73 bits per heavy atom. The quantitative estimate of drug-likeness (QED) is 0.294. The predicted molar refractivity (Wildman–Crippen MR) is 143 cm³/mol. The number of carbonyl (C=O) groups excluding carboxylic acids is 2. The number of nitrogens with zero attached hydrogens (tertiary/aromatic N) is 2. The number of hydrogen-bond donors (Lipinski definition) is 0. The highest BCUT2D eigenvalue weighted by atomic mass is 16.6. The molecule has 1 saturated heterocycles. The van der Waals surface area contributed by atoms with E-state index in [9.17, 15) is 9.59 Å². The van der Waals surface area contributed by atoms with E-state index in [1.54, 1.807) is 18.2 Å². The molecule has 7 nitrogen and oxygen atoms in total. The molecule has 0 saturated carbocycles. The molecule has 0 spiro atoms. The van der Waals surface area contributed by atoms with Crippen LogP contribution in [-0.2, 0) is 20.9 Å². The standard InChI is InChI=1S/C30H32N2O5/c1-4-23-19-32(30(34)36-20-22-8-6-5-7-9-22)17-15-26(23)29(37-21(2)33)13-10-24-14-16-31-28-12-11-25(35-3)18-27(24)28/h4-14,16,18,23,26,29H,1,15,17,19-20H2,2-3H3/b13-10+/t23-,26+,29-/m0/s1. The number of aromatic nitrogens is 1. The number of carbonyl (C=O) groups is 2. The Morgan fingerprint density at radius 1 is 1.19 bits per heavy atom. The van der Waals surface area contributed by atoms with E-state index in [2.05, 4.69) is 11.6 Å². The molecule has 0 radical (unpaired) electrons. The average molecular weight is 501 g/mol. The van der Waals surface area contributed by atoms with Gasteiger partial charge < -0.3 is 19.1 Å². The highest BCUT2D eigenvalue weighted by molar-refractivity contribution is 5.88. The van der Waals surface area contributed by atoms with Crippen LogP contribution in [0, 0.1) is 11.8 Å². The summed E-state index contributed by atoms with van der Waals surface area (Å²) >= 11 is 0. The minimum absolute atomic E-state index is 0.0292. The van der Waals surface area contributed by atoms with Gasteiger partial charge in [0.25, 0.3) is 0 Å². The van der Waals surface area contributed by atoms with Crippen molar-refractivity contribution in [1.29, 1.82) is 0 Å². The van der Waals surface area contributed by atoms with Crippen LogP contribution in [0.3, 0.4) is 0 Å². The van der Waals surface area contributed by atoms with Crippen molar-refractivity contribution in [2.45, 2.75) is 26.1 Å². The third kappa shape index (κ3) is 6.55. The normalized spacial score (nSPS) is 18.4. The molecule has 2 heterocycles. The maximum Gasteiger partial charge on any atom is 0.410 e. The number of piperidine rings is 1. The average Bonchev–Trinajstić information content (AvgIpc) is 2.93. The molecule has 1 aliphatic rings. The van der Waals surface area contributed by atoms with E-state index in [0.29, 0.717) is 19.5 Å². The molecule has 192 valence electrons. The summed E-state index contributed by atoms with van der Waals surface area (Å²) in [5, 5.41) is 0.941. The number of likely N-dealkylation sites (tertiary alicyclic amines) is 1. The van der Waals surface area contributed by atoms with Crippen LogP contribution in [0.15, 0.2) is 79.5 Å². The van der Waals surface area contributed by atoms with Crippen molar-refractivity contribution in [3.8, 4) is 5.75 Å². The van der Waals surface area contributed by atoms with Gasteiger partial charge in [0.15, 0.2) is 0 Å². The predicted octanol–water partition coefficient (Wildman–Crippen LogP) is 5.65. The number of ether oxygens (including phenoxy) is 3. The molecule has 7 heteroatoms. The Kier molecular flexibility index (Phi) is 8.56. The summed E-state index contributed by atoms with van der Waals surface area (Å²) in [6.45, 7) is 6.58. The number of amides is 1. The van der Waals surface area contributed by atoms with E-state index in [4.69, 9.17) is 14.2 Å². The lowest BCUT2D eigenvalue weighted by Crippen LogP contribution is -2.46. The monoisotopic (exact) mass is 500 g/mol. The SMILES string of the molecule is C=C[C@H]1CN(C(=O)OCc2ccccc2)CC[C@H]1[C@H](/C=C/c1ccnc2ccc(OC)cc12)OC(C)=O. The van der Waals surface area contributed by atoms with Crippen LogP contribution in [-0.4, -0.2) is 48.2 Å². The van der Waals surface area contributed by atoms with Crippen molar-refractivity contribution >= 4 is 29.0 Å². The second kappa shape index (κ2) is 12.2. The largest absolute Gasteiger partial charge is 0.497 e. The second-order valence-corrected chi connectivity index (χ2v) is 9.05. The number of esters is 1. The van der Waals surface area contributed by atoms with Crippen molar-refractivity contribution in [2.24, 2.45) is 11.8 Å². The van der Waals surface area contributed by atoms with Crippen LogP contribution in [0.2, 0.25) is 0 Å². The van der Waals surface area contributed by atoms with Crippen molar-refractivity contribution in [2.75, 3.05) is 20.2 Å². The summed E-state index contributed by atoms with van der Waals surface area (Å²) in [5.41, 5.74) is 2.73. The lowest BCUT2D eigenvalue weighted by Gasteiger charge is -2.39. The Hall–Kier alpha value is -4.13. The van der Waals surface area contributed by atoms with Gasteiger partial charge in [-0.15, -0.1) is 6.58 Å². The number of fused-ring (bicyclic) bond motifs is 1. The highest BCUT2D eigenvalue weighted by Crippen LogP contribution is 2.31. The molecule has 1 aromatic heterocycles. The van der Waals surface area contributed by atoms with Gasteiger partial charge in [-0.25, -0.2) is 4.79 Å². The lowest BCUT2D eigenvalue weighted by atomic mass is 9.81. The topological polar surface area (TPSA) is 78.0 Å².